The van der Waals surface area contributed by atoms with E-state index in [4.69, 9.17) is 4.74 Å². The van der Waals surface area contributed by atoms with Crippen molar-refractivity contribution in [1.29, 1.82) is 0 Å². The molecule has 0 unspecified atom stereocenters. The van der Waals surface area contributed by atoms with E-state index >= 15 is 0 Å². The maximum absolute atomic E-state index is 5.55. The van der Waals surface area contributed by atoms with Crippen LogP contribution < -0.4 is 5.01 Å². The molecule has 1 fully saturated rings. The van der Waals surface area contributed by atoms with Gasteiger partial charge in [0.05, 0.1) is 30.7 Å². The van der Waals surface area contributed by atoms with Gasteiger partial charge < -0.3 is 4.74 Å². The third kappa shape index (κ3) is 1.43. The molecule has 1 saturated heterocycles. The molecule has 3 heteroatoms. The first-order chi connectivity index (χ1) is 7.34. The second-order valence-electron chi connectivity index (χ2n) is 4.12. The highest BCUT2D eigenvalue weighted by Gasteiger charge is 2.36. The molecule has 1 aromatic rings. The smallest absolute Gasteiger partial charge is 0.0950 e. The molecule has 0 aromatic heterocycles. The van der Waals surface area contributed by atoms with Gasteiger partial charge >= 0.3 is 0 Å². The molecule has 2 aliphatic rings. The van der Waals surface area contributed by atoms with Gasteiger partial charge in [0, 0.05) is 5.92 Å². The summed E-state index contributed by atoms with van der Waals surface area (Å²) in [5.41, 5.74) is 2.38. The lowest BCUT2D eigenvalue weighted by atomic mass is 10.1. The molecule has 0 spiro atoms. The van der Waals surface area contributed by atoms with Crippen molar-refractivity contribution in [1.82, 2.24) is 0 Å². The number of para-hydroxylation sites is 1. The van der Waals surface area contributed by atoms with Crippen LogP contribution in [0.5, 0.6) is 0 Å². The van der Waals surface area contributed by atoms with Gasteiger partial charge in [-0.2, -0.15) is 5.10 Å². The molecule has 2 heterocycles. The minimum Gasteiger partial charge on any atom is -0.372 e. The summed E-state index contributed by atoms with van der Waals surface area (Å²) in [6.07, 6.45) is 0.198. The van der Waals surface area contributed by atoms with Crippen molar-refractivity contribution < 1.29 is 4.74 Å². The standard InChI is InChI=1S/C12H14N2O/c1-9-12-10(8-15-9)7-14(13-12)11-5-3-2-4-6-11/h2-6,9-10H,7-8H2,1H3/t9-,10-/m0/s1. The quantitative estimate of drug-likeness (QED) is 0.694. The Morgan fingerprint density at radius 3 is 2.87 bits per heavy atom. The zero-order valence-electron chi connectivity index (χ0n) is 8.76. The summed E-state index contributed by atoms with van der Waals surface area (Å²) < 4.78 is 5.55. The van der Waals surface area contributed by atoms with Crippen LogP contribution in [0.15, 0.2) is 35.4 Å². The summed E-state index contributed by atoms with van der Waals surface area (Å²) in [5, 5.41) is 6.71. The number of anilines is 1. The van der Waals surface area contributed by atoms with Gasteiger partial charge in [0.2, 0.25) is 0 Å². The van der Waals surface area contributed by atoms with Crippen LogP contribution in [-0.2, 0) is 4.74 Å². The number of hydrogen-bond donors (Lipinski definition) is 0. The average molecular weight is 202 g/mol. The fourth-order valence-corrected chi connectivity index (χ4v) is 2.22. The summed E-state index contributed by atoms with van der Waals surface area (Å²) >= 11 is 0. The van der Waals surface area contributed by atoms with E-state index in [0.29, 0.717) is 5.92 Å². The van der Waals surface area contributed by atoms with E-state index in [2.05, 4.69) is 29.2 Å². The molecule has 15 heavy (non-hydrogen) atoms. The Hall–Kier alpha value is -1.35. The zero-order chi connectivity index (χ0) is 10.3. The summed E-state index contributed by atoms with van der Waals surface area (Å²) in [7, 11) is 0. The lowest BCUT2D eigenvalue weighted by Gasteiger charge is -2.15. The van der Waals surface area contributed by atoms with Gasteiger partial charge in [-0.05, 0) is 19.1 Å². The van der Waals surface area contributed by atoms with Crippen LogP contribution >= 0.6 is 0 Å². The normalized spacial score (nSPS) is 29.1. The van der Waals surface area contributed by atoms with Crippen molar-refractivity contribution in [2.24, 2.45) is 11.0 Å². The van der Waals surface area contributed by atoms with Crippen molar-refractivity contribution >= 4 is 11.4 Å². The minimum atomic E-state index is 0.198. The maximum atomic E-state index is 5.55. The molecule has 0 aliphatic carbocycles. The molecule has 3 nitrogen and oxygen atoms in total. The first kappa shape index (κ1) is 8.92. The maximum Gasteiger partial charge on any atom is 0.0950 e. The second kappa shape index (κ2) is 3.35. The van der Waals surface area contributed by atoms with E-state index in [0.717, 1.165) is 13.2 Å². The van der Waals surface area contributed by atoms with Crippen molar-refractivity contribution in [3.63, 3.8) is 0 Å². The third-order valence-electron chi connectivity index (χ3n) is 3.07. The highest BCUT2D eigenvalue weighted by Crippen LogP contribution is 2.28. The van der Waals surface area contributed by atoms with Crippen LogP contribution in [0, 0.1) is 5.92 Å². The topological polar surface area (TPSA) is 24.8 Å². The number of rotatable bonds is 1. The van der Waals surface area contributed by atoms with Crippen LogP contribution in [0.25, 0.3) is 0 Å². The highest BCUT2D eigenvalue weighted by molar-refractivity contribution is 5.95. The van der Waals surface area contributed by atoms with Crippen LogP contribution in [0.2, 0.25) is 0 Å². The Morgan fingerprint density at radius 2 is 2.13 bits per heavy atom. The fraction of sp³-hybridized carbons (Fsp3) is 0.417. The molecule has 1 aromatic carbocycles. The Balaban J connectivity index is 1.88. The van der Waals surface area contributed by atoms with E-state index in [1.807, 2.05) is 18.2 Å². The van der Waals surface area contributed by atoms with Crippen molar-refractivity contribution in [2.75, 3.05) is 18.2 Å². The Labute approximate surface area is 89.3 Å². The van der Waals surface area contributed by atoms with Gasteiger partial charge in [-0.3, -0.25) is 5.01 Å². The summed E-state index contributed by atoms with van der Waals surface area (Å²) in [5.74, 6) is 0.500. The number of hydrazone groups is 1. The number of ether oxygens (including phenoxy) is 1. The molecule has 0 saturated carbocycles. The van der Waals surface area contributed by atoms with Crippen molar-refractivity contribution in [3.05, 3.63) is 30.3 Å². The molecule has 2 aliphatic heterocycles. The number of benzene rings is 1. The van der Waals surface area contributed by atoms with E-state index in [1.54, 1.807) is 0 Å². The van der Waals surface area contributed by atoms with Crippen LogP contribution in [0.3, 0.4) is 0 Å². The SMILES string of the molecule is C[C@@H]1OC[C@@H]2CN(c3ccccc3)N=C21. The van der Waals surface area contributed by atoms with E-state index in [9.17, 15) is 0 Å². The van der Waals surface area contributed by atoms with E-state index < -0.39 is 0 Å². The summed E-state index contributed by atoms with van der Waals surface area (Å²) in [6, 6.07) is 10.3. The largest absolute Gasteiger partial charge is 0.372 e. The third-order valence-corrected chi connectivity index (χ3v) is 3.07. The first-order valence-electron chi connectivity index (χ1n) is 5.37. The molecule has 0 amide bonds. The predicted molar refractivity (Wildman–Crippen MR) is 60.1 cm³/mol. The summed E-state index contributed by atoms with van der Waals surface area (Å²) in [4.78, 5) is 0. The average Bonchev–Trinajstić information content (AvgIpc) is 2.83. The Bertz CT molecular complexity index is 388. The van der Waals surface area contributed by atoms with Gasteiger partial charge in [0.1, 0.15) is 0 Å². The van der Waals surface area contributed by atoms with E-state index in [-0.39, 0.29) is 6.10 Å². The van der Waals surface area contributed by atoms with Crippen molar-refractivity contribution in [2.45, 2.75) is 13.0 Å². The Morgan fingerprint density at radius 1 is 1.33 bits per heavy atom. The van der Waals surface area contributed by atoms with E-state index in [1.165, 1.54) is 11.4 Å². The zero-order valence-corrected chi connectivity index (χ0v) is 8.76. The van der Waals surface area contributed by atoms with Crippen LogP contribution in [0.1, 0.15) is 6.92 Å². The molecular weight excluding hydrogens is 188 g/mol. The van der Waals surface area contributed by atoms with Crippen molar-refractivity contribution in [3.8, 4) is 0 Å². The summed E-state index contributed by atoms with van der Waals surface area (Å²) in [6.45, 7) is 3.86. The fourth-order valence-electron chi connectivity index (χ4n) is 2.22. The Kier molecular flexibility index (Phi) is 1.99. The molecule has 2 atom stereocenters. The molecule has 0 radical (unpaired) electrons. The van der Waals surface area contributed by atoms with Crippen LogP contribution in [0.4, 0.5) is 5.69 Å². The monoisotopic (exact) mass is 202 g/mol. The number of nitrogens with zero attached hydrogens (tertiary/aromatic N) is 2. The highest BCUT2D eigenvalue weighted by atomic mass is 16.5. The molecule has 78 valence electrons. The molecule has 0 N–H and O–H groups in total. The van der Waals surface area contributed by atoms with Gasteiger partial charge in [-0.1, -0.05) is 18.2 Å². The molecular formula is C12H14N2O. The molecule has 3 rings (SSSR count). The lowest BCUT2D eigenvalue weighted by molar-refractivity contribution is 0.132. The van der Waals surface area contributed by atoms with Gasteiger partial charge in [0.25, 0.3) is 0 Å². The number of hydrogen-bond acceptors (Lipinski definition) is 3. The minimum absolute atomic E-state index is 0.198. The second-order valence-corrected chi connectivity index (χ2v) is 4.12. The van der Waals surface area contributed by atoms with Gasteiger partial charge in [-0.15, -0.1) is 0 Å². The predicted octanol–water partition coefficient (Wildman–Crippen LogP) is 1.90. The lowest BCUT2D eigenvalue weighted by Crippen LogP contribution is -2.19. The van der Waals surface area contributed by atoms with Gasteiger partial charge in [-0.25, -0.2) is 0 Å². The molecule has 0 bridgehead atoms. The van der Waals surface area contributed by atoms with Crippen LogP contribution in [-0.4, -0.2) is 25.0 Å². The number of fused-ring (bicyclic) bond motifs is 1. The first-order valence-corrected chi connectivity index (χ1v) is 5.37. The van der Waals surface area contributed by atoms with Gasteiger partial charge in [0.15, 0.2) is 0 Å².